The van der Waals surface area contributed by atoms with E-state index >= 15 is 0 Å². The number of nitrogens with zero attached hydrogens (tertiary/aromatic N) is 3. The molecule has 1 aromatic heterocycles. The first kappa shape index (κ1) is 8.69. The number of fused-ring (bicyclic) bond motifs is 1. The summed E-state index contributed by atoms with van der Waals surface area (Å²) < 4.78 is 0.997. The Morgan fingerprint density at radius 2 is 2.08 bits per heavy atom. The minimum atomic E-state index is 0.305. The monoisotopic (exact) mass is 239 g/mol. The van der Waals surface area contributed by atoms with Crippen molar-refractivity contribution in [2.75, 3.05) is 0 Å². The summed E-state index contributed by atoms with van der Waals surface area (Å²) in [5.74, 6) is 0. The topological polar surface area (TPSA) is 30.7 Å². The molecule has 0 saturated heterocycles. The number of rotatable bonds is 1. The molecule has 0 N–H and O–H groups in total. The molecule has 0 saturated carbocycles. The molecule has 3 nitrogen and oxygen atoms in total. The van der Waals surface area contributed by atoms with Gasteiger partial charge in [-0.15, -0.1) is 0 Å². The van der Waals surface area contributed by atoms with E-state index in [4.69, 9.17) is 0 Å². The minimum Gasteiger partial charge on any atom is -0.181 e. The second kappa shape index (κ2) is 3.10. The Morgan fingerprint density at radius 1 is 1.31 bits per heavy atom. The fourth-order valence-corrected chi connectivity index (χ4v) is 1.58. The molecule has 68 valence electrons. The van der Waals surface area contributed by atoms with Crippen LogP contribution in [0.2, 0.25) is 0 Å². The van der Waals surface area contributed by atoms with Crippen LogP contribution in [0.3, 0.4) is 0 Å². The zero-order valence-electron chi connectivity index (χ0n) is 7.53. The van der Waals surface area contributed by atoms with Gasteiger partial charge in [-0.05, 0) is 41.9 Å². The third-order valence-corrected chi connectivity index (χ3v) is 2.48. The van der Waals surface area contributed by atoms with Crippen molar-refractivity contribution in [1.29, 1.82) is 0 Å². The van der Waals surface area contributed by atoms with Gasteiger partial charge in [0.25, 0.3) is 0 Å². The lowest BCUT2D eigenvalue weighted by molar-refractivity contribution is 0.472. The van der Waals surface area contributed by atoms with Crippen molar-refractivity contribution in [3.63, 3.8) is 0 Å². The Morgan fingerprint density at radius 3 is 2.69 bits per heavy atom. The van der Waals surface area contributed by atoms with E-state index < -0.39 is 0 Å². The van der Waals surface area contributed by atoms with Gasteiger partial charge in [0.05, 0.1) is 6.04 Å². The van der Waals surface area contributed by atoms with Gasteiger partial charge in [0.15, 0.2) is 0 Å². The number of halogens is 1. The molecule has 2 aromatic rings. The van der Waals surface area contributed by atoms with Crippen LogP contribution in [0.25, 0.3) is 11.0 Å². The average Bonchev–Trinajstić information content (AvgIpc) is 2.49. The lowest BCUT2D eigenvalue weighted by Crippen LogP contribution is -2.04. The van der Waals surface area contributed by atoms with Gasteiger partial charge in [-0.25, -0.2) is 0 Å². The van der Waals surface area contributed by atoms with Crippen LogP contribution in [0.5, 0.6) is 0 Å². The van der Waals surface area contributed by atoms with Gasteiger partial charge < -0.3 is 0 Å². The van der Waals surface area contributed by atoms with Gasteiger partial charge in [-0.2, -0.15) is 15.0 Å². The van der Waals surface area contributed by atoms with Crippen LogP contribution in [0.4, 0.5) is 0 Å². The zero-order valence-corrected chi connectivity index (χ0v) is 9.12. The largest absolute Gasteiger partial charge is 0.181 e. The van der Waals surface area contributed by atoms with E-state index in [1.165, 1.54) is 0 Å². The van der Waals surface area contributed by atoms with E-state index in [1.807, 2.05) is 18.2 Å². The smallest absolute Gasteiger partial charge is 0.127 e. The highest BCUT2D eigenvalue weighted by molar-refractivity contribution is 9.10. The van der Waals surface area contributed by atoms with Crippen molar-refractivity contribution in [3.8, 4) is 0 Å². The van der Waals surface area contributed by atoms with Crippen LogP contribution in [0.15, 0.2) is 22.7 Å². The number of hydrogen-bond acceptors (Lipinski definition) is 2. The van der Waals surface area contributed by atoms with Gasteiger partial charge in [0.1, 0.15) is 11.0 Å². The van der Waals surface area contributed by atoms with Gasteiger partial charge >= 0.3 is 0 Å². The first-order chi connectivity index (χ1) is 6.18. The SMILES string of the molecule is CC(C)n1nc2cccc(Br)c2n1. The van der Waals surface area contributed by atoms with Gasteiger partial charge in [0, 0.05) is 4.47 Å². The molecule has 0 spiro atoms. The maximum Gasteiger partial charge on any atom is 0.127 e. The van der Waals surface area contributed by atoms with Crippen molar-refractivity contribution in [2.45, 2.75) is 19.9 Å². The highest BCUT2D eigenvalue weighted by atomic mass is 79.9. The Bertz CT molecular complexity index is 433. The molecule has 13 heavy (non-hydrogen) atoms. The maximum atomic E-state index is 4.37. The second-order valence-electron chi connectivity index (χ2n) is 3.22. The van der Waals surface area contributed by atoms with Crippen LogP contribution in [0, 0.1) is 0 Å². The van der Waals surface area contributed by atoms with E-state index in [9.17, 15) is 0 Å². The van der Waals surface area contributed by atoms with Crippen LogP contribution in [-0.4, -0.2) is 15.0 Å². The summed E-state index contributed by atoms with van der Waals surface area (Å²) in [6.07, 6.45) is 0. The van der Waals surface area contributed by atoms with Crippen molar-refractivity contribution >= 4 is 27.0 Å². The van der Waals surface area contributed by atoms with Crippen LogP contribution >= 0.6 is 15.9 Å². The van der Waals surface area contributed by atoms with E-state index in [1.54, 1.807) is 4.80 Å². The number of aromatic nitrogens is 3. The second-order valence-corrected chi connectivity index (χ2v) is 4.08. The van der Waals surface area contributed by atoms with Gasteiger partial charge in [-0.3, -0.25) is 0 Å². The third kappa shape index (κ3) is 1.46. The van der Waals surface area contributed by atoms with Crippen molar-refractivity contribution in [2.24, 2.45) is 0 Å². The summed E-state index contributed by atoms with van der Waals surface area (Å²) in [6, 6.07) is 6.21. The van der Waals surface area contributed by atoms with Crippen LogP contribution in [-0.2, 0) is 0 Å². The van der Waals surface area contributed by atoms with E-state index in [2.05, 4.69) is 40.0 Å². The molecule has 0 unspecified atom stereocenters. The molecule has 0 bridgehead atoms. The van der Waals surface area contributed by atoms with E-state index in [0.717, 1.165) is 15.5 Å². The molecule has 0 atom stereocenters. The summed E-state index contributed by atoms with van der Waals surface area (Å²) in [5, 5.41) is 8.72. The Kier molecular flexibility index (Phi) is 2.07. The summed E-state index contributed by atoms with van der Waals surface area (Å²) in [5.41, 5.74) is 1.86. The quantitative estimate of drug-likeness (QED) is 0.767. The molecular weight excluding hydrogens is 230 g/mol. The molecule has 0 aliphatic heterocycles. The Labute approximate surface area is 84.9 Å². The molecule has 0 radical (unpaired) electrons. The van der Waals surface area contributed by atoms with Crippen molar-refractivity contribution in [1.82, 2.24) is 15.0 Å². The predicted molar refractivity (Wildman–Crippen MR) is 55.6 cm³/mol. The zero-order chi connectivity index (χ0) is 9.42. The molecule has 1 aromatic carbocycles. The maximum absolute atomic E-state index is 4.37. The van der Waals surface area contributed by atoms with E-state index in [-0.39, 0.29) is 0 Å². The summed E-state index contributed by atoms with van der Waals surface area (Å²) >= 11 is 3.44. The Balaban J connectivity index is 2.68. The third-order valence-electron chi connectivity index (χ3n) is 1.84. The molecule has 4 heteroatoms. The summed E-state index contributed by atoms with van der Waals surface area (Å²) in [4.78, 5) is 1.73. The van der Waals surface area contributed by atoms with Crippen LogP contribution < -0.4 is 0 Å². The molecule has 0 fully saturated rings. The number of hydrogen-bond donors (Lipinski definition) is 0. The lowest BCUT2D eigenvalue weighted by atomic mass is 10.3. The minimum absolute atomic E-state index is 0.305. The molecule has 2 rings (SSSR count). The normalized spacial score (nSPS) is 11.4. The first-order valence-electron chi connectivity index (χ1n) is 4.19. The summed E-state index contributed by atoms with van der Waals surface area (Å²) in [7, 11) is 0. The van der Waals surface area contributed by atoms with E-state index in [0.29, 0.717) is 6.04 Å². The number of benzene rings is 1. The molecular formula is C9H10BrN3. The fourth-order valence-electron chi connectivity index (χ4n) is 1.15. The molecule has 0 aliphatic carbocycles. The molecule has 0 amide bonds. The van der Waals surface area contributed by atoms with Crippen molar-refractivity contribution in [3.05, 3.63) is 22.7 Å². The predicted octanol–water partition coefficient (Wildman–Crippen LogP) is 2.77. The Hall–Kier alpha value is -0.900. The summed E-state index contributed by atoms with van der Waals surface area (Å²) in [6.45, 7) is 4.12. The average molecular weight is 240 g/mol. The molecule has 1 heterocycles. The van der Waals surface area contributed by atoms with Crippen molar-refractivity contribution < 1.29 is 0 Å². The highest BCUT2D eigenvalue weighted by Gasteiger charge is 2.06. The highest BCUT2D eigenvalue weighted by Crippen LogP contribution is 2.20. The molecule has 0 aliphatic rings. The van der Waals surface area contributed by atoms with Gasteiger partial charge in [-0.1, -0.05) is 6.07 Å². The fraction of sp³-hybridized carbons (Fsp3) is 0.333. The van der Waals surface area contributed by atoms with Gasteiger partial charge in [0.2, 0.25) is 0 Å². The lowest BCUT2D eigenvalue weighted by Gasteiger charge is -1.99. The standard InChI is InChI=1S/C9H10BrN3/c1-6(2)13-11-8-5-3-4-7(10)9(8)12-13/h3-6H,1-2H3. The van der Waals surface area contributed by atoms with Crippen LogP contribution in [0.1, 0.15) is 19.9 Å². The first-order valence-corrected chi connectivity index (χ1v) is 4.99.